The summed E-state index contributed by atoms with van der Waals surface area (Å²) < 4.78 is 5.19. The molecule has 0 spiro atoms. The van der Waals surface area contributed by atoms with E-state index in [1.165, 1.54) is 6.92 Å². The molecular formula is C18H16N2O3. The van der Waals surface area contributed by atoms with Crippen molar-refractivity contribution in [1.29, 1.82) is 5.26 Å². The fourth-order valence-corrected chi connectivity index (χ4v) is 2.00. The van der Waals surface area contributed by atoms with Gasteiger partial charge < -0.3 is 10.1 Å². The minimum absolute atomic E-state index is 0.346. The van der Waals surface area contributed by atoms with Crippen LogP contribution in [-0.4, -0.2) is 18.0 Å². The number of nitriles is 1. The largest absolute Gasteiger partial charge is 0.449 e. The van der Waals surface area contributed by atoms with Crippen molar-refractivity contribution in [2.75, 3.05) is 5.32 Å². The van der Waals surface area contributed by atoms with Crippen LogP contribution in [0.25, 0.3) is 0 Å². The molecule has 2 aromatic rings. The number of esters is 1. The molecule has 2 rings (SSSR count). The SMILES string of the molecule is Cc1ccccc1C(=O)O[C@H](C)C(=O)Nc1ccccc1C#N. The molecule has 0 radical (unpaired) electrons. The highest BCUT2D eigenvalue weighted by molar-refractivity contribution is 5.98. The second-order valence-corrected chi connectivity index (χ2v) is 5.01. The lowest BCUT2D eigenvalue weighted by Crippen LogP contribution is -2.30. The number of carbonyl (C=O) groups is 2. The van der Waals surface area contributed by atoms with Gasteiger partial charge in [-0.2, -0.15) is 5.26 Å². The van der Waals surface area contributed by atoms with Crippen LogP contribution in [0.4, 0.5) is 5.69 Å². The summed E-state index contributed by atoms with van der Waals surface area (Å²) in [7, 11) is 0. The highest BCUT2D eigenvalue weighted by atomic mass is 16.5. The zero-order valence-electron chi connectivity index (χ0n) is 12.9. The number of anilines is 1. The van der Waals surface area contributed by atoms with Crippen molar-refractivity contribution in [2.45, 2.75) is 20.0 Å². The van der Waals surface area contributed by atoms with E-state index in [0.29, 0.717) is 16.8 Å². The number of ether oxygens (including phenoxy) is 1. The summed E-state index contributed by atoms with van der Waals surface area (Å²) in [6.45, 7) is 3.28. The maximum atomic E-state index is 12.1. The first-order chi connectivity index (χ1) is 11.0. The molecule has 0 aliphatic carbocycles. The summed E-state index contributed by atoms with van der Waals surface area (Å²) in [6.07, 6.45) is -0.978. The summed E-state index contributed by atoms with van der Waals surface area (Å²) in [4.78, 5) is 24.2. The number of benzene rings is 2. The molecule has 0 heterocycles. The Kier molecular flexibility index (Phi) is 5.11. The van der Waals surface area contributed by atoms with E-state index < -0.39 is 18.0 Å². The van der Waals surface area contributed by atoms with Gasteiger partial charge in [-0.25, -0.2) is 4.79 Å². The van der Waals surface area contributed by atoms with Crippen molar-refractivity contribution in [3.05, 3.63) is 65.2 Å². The van der Waals surface area contributed by atoms with Crippen molar-refractivity contribution in [3.63, 3.8) is 0 Å². The average Bonchev–Trinajstić information content (AvgIpc) is 2.55. The Morgan fingerprint density at radius 1 is 1.13 bits per heavy atom. The number of nitrogens with one attached hydrogen (secondary N) is 1. The molecule has 1 N–H and O–H groups in total. The third kappa shape index (κ3) is 3.95. The molecule has 0 aliphatic rings. The Morgan fingerprint density at radius 3 is 2.48 bits per heavy atom. The van der Waals surface area contributed by atoms with E-state index in [9.17, 15) is 9.59 Å². The predicted octanol–water partition coefficient (Wildman–Crippen LogP) is 3.05. The quantitative estimate of drug-likeness (QED) is 0.880. The van der Waals surface area contributed by atoms with Gasteiger partial charge >= 0.3 is 5.97 Å². The van der Waals surface area contributed by atoms with E-state index in [1.807, 2.05) is 12.1 Å². The molecule has 0 fully saturated rings. The van der Waals surface area contributed by atoms with Crippen molar-refractivity contribution in [1.82, 2.24) is 0 Å². The van der Waals surface area contributed by atoms with Gasteiger partial charge in [0.2, 0.25) is 0 Å². The molecule has 0 saturated carbocycles. The van der Waals surface area contributed by atoms with Crippen LogP contribution < -0.4 is 5.32 Å². The van der Waals surface area contributed by atoms with Gasteiger partial charge in [-0.1, -0.05) is 30.3 Å². The lowest BCUT2D eigenvalue weighted by atomic mass is 10.1. The van der Waals surface area contributed by atoms with Crippen LogP contribution in [0, 0.1) is 18.3 Å². The monoisotopic (exact) mass is 308 g/mol. The summed E-state index contributed by atoms with van der Waals surface area (Å²) in [5.74, 6) is -1.05. The first-order valence-electron chi connectivity index (χ1n) is 7.09. The van der Waals surface area contributed by atoms with Crippen molar-refractivity contribution >= 4 is 17.6 Å². The standard InChI is InChI=1S/C18H16N2O3/c1-12-7-3-5-9-15(12)18(22)23-13(2)17(21)20-16-10-6-4-8-14(16)11-19/h3-10,13H,1-2H3,(H,20,21)/t13-/m1/s1. The van der Waals surface area contributed by atoms with Gasteiger partial charge in [0.15, 0.2) is 6.10 Å². The molecule has 1 atom stereocenters. The van der Waals surface area contributed by atoms with Crippen LogP contribution in [-0.2, 0) is 9.53 Å². The first kappa shape index (κ1) is 16.2. The van der Waals surface area contributed by atoms with Crippen molar-refractivity contribution in [2.24, 2.45) is 0 Å². The maximum absolute atomic E-state index is 12.1. The Morgan fingerprint density at radius 2 is 1.78 bits per heavy atom. The average molecular weight is 308 g/mol. The van der Waals surface area contributed by atoms with Gasteiger partial charge in [-0.15, -0.1) is 0 Å². The molecule has 0 unspecified atom stereocenters. The Bertz CT molecular complexity index is 778. The maximum Gasteiger partial charge on any atom is 0.339 e. The molecule has 116 valence electrons. The van der Waals surface area contributed by atoms with Crippen LogP contribution in [0.15, 0.2) is 48.5 Å². The highest BCUT2D eigenvalue weighted by Crippen LogP contribution is 2.15. The number of aryl methyl sites for hydroxylation is 1. The van der Waals surface area contributed by atoms with E-state index >= 15 is 0 Å². The number of para-hydroxylation sites is 1. The Labute approximate surface area is 134 Å². The van der Waals surface area contributed by atoms with E-state index in [-0.39, 0.29) is 0 Å². The van der Waals surface area contributed by atoms with Crippen LogP contribution >= 0.6 is 0 Å². The van der Waals surface area contributed by atoms with Crippen LogP contribution in [0.5, 0.6) is 0 Å². The molecule has 0 aliphatic heterocycles. The van der Waals surface area contributed by atoms with E-state index in [1.54, 1.807) is 49.4 Å². The van der Waals surface area contributed by atoms with Gasteiger partial charge in [-0.3, -0.25) is 4.79 Å². The smallest absolute Gasteiger partial charge is 0.339 e. The van der Waals surface area contributed by atoms with Gasteiger partial charge in [-0.05, 0) is 37.6 Å². The number of hydrogen-bond acceptors (Lipinski definition) is 4. The number of rotatable bonds is 4. The van der Waals surface area contributed by atoms with Crippen molar-refractivity contribution in [3.8, 4) is 6.07 Å². The molecule has 5 heteroatoms. The molecule has 0 bridgehead atoms. The van der Waals surface area contributed by atoms with Crippen LogP contribution in [0.2, 0.25) is 0 Å². The highest BCUT2D eigenvalue weighted by Gasteiger charge is 2.20. The number of amides is 1. The summed E-state index contributed by atoms with van der Waals surface area (Å²) in [6, 6.07) is 15.6. The van der Waals surface area contributed by atoms with Crippen LogP contribution in [0.3, 0.4) is 0 Å². The lowest BCUT2D eigenvalue weighted by Gasteiger charge is -2.14. The molecule has 5 nitrogen and oxygen atoms in total. The van der Waals surface area contributed by atoms with E-state index in [0.717, 1.165) is 5.56 Å². The fraction of sp³-hybridized carbons (Fsp3) is 0.167. The van der Waals surface area contributed by atoms with E-state index in [4.69, 9.17) is 10.00 Å². The summed E-state index contributed by atoms with van der Waals surface area (Å²) >= 11 is 0. The minimum atomic E-state index is -0.978. The van der Waals surface area contributed by atoms with E-state index in [2.05, 4.69) is 5.32 Å². The summed E-state index contributed by atoms with van der Waals surface area (Å²) in [5.41, 5.74) is 1.93. The number of carbonyl (C=O) groups excluding carboxylic acids is 2. The Balaban J connectivity index is 2.05. The number of hydrogen-bond donors (Lipinski definition) is 1. The topological polar surface area (TPSA) is 79.2 Å². The predicted molar refractivity (Wildman–Crippen MR) is 85.8 cm³/mol. The van der Waals surface area contributed by atoms with Gasteiger partial charge in [0.25, 0.3) is 5.91 Å². The minimum Gasteiger partial charge on any atom is -0.449 e. The second kappa shape index (κ2) is 7.23. The molecule has 0 aromatic heterocycles. The van der Waals surface area contributed by atoms with Crippen LogP contribution in [0.1, 0.15) is 28.4 Å². The molecule has 0 saturated heterocycles. The van der Waals surface area contributed by atoms with Gasteiger partial charge in [0.1, 0.15) is 6.07 Å². The fourth-order valence-electron chi connectivity index (χ4n) is 2.00. The third-order valence-corrected chi connectivity index (χ3v) is 3.32. The molecular weight excluding hydrogens is 292 g/mol. The lowest BCUT2D eigenvalue weighted by molar-refractivity contribution is -0.123. The van der Waals surface area contributed by atoms with Gasteiger partial charge in [0.05, 0.1) is 16.8 Å². The van der Waals surface area contributed by atoms with Crippen molar-refractivity contribution < 1.29 is 14.3 Å². The zero-order chi connectivity index (χ0) is 16.8. The number of nitrogens with zero attached hydrogens (tertiary/aromatic N) is 1. The Hall–Kier alpha value is -3.13. The first-order valence-corrected chi connectivity index (χ1v) is 7.09. The third-order valence-electron chi connectivity index (χ3n) is 3.32. The normalized spacial score (nSPS) is 11.2. The van der Waals surface area contributed by atoms with Gasteiger partial charge in [0, 0.05) is 0 Å². The molecule has 1 amide bonds. The second-order valence-electron chi connectivity index (χ2n) is 5.01. The molecule has 23 heavy (non-hydrogen) atoms. The summed E-state index contributed by atoms with van der Waals surface area (Å²) in [5, 5.41) is 11.6. The zero-order valence-corrected chi connectivity index (χ0v) is 12.9. The molecule has 2 aromatic carbocycles.